The van der Waals surface area contributed by atoms with Crippen LogP contribution in [0, 0.1) is 0 Å². The number of ether oxygens (including phenoxy) is 1. The number of rotatable bonds is 2. The summed E-state index contributed by atoms with van der Waals surface area (Å²) < 4.78 is 5.47. The molecule has 72 valence electrons. The Hall–Kier alpha value is -0.770. The minimum atomic E-state index is 0.480. The quantitative estimate of drug-likeness (QED) is 0.790. The van der Waals surface area contributed by atoms with Crippen molar-refractivity contribution in [2.75, 3.05) is 0 Å². The van der Waals surface area contributed by atoms with Crippen LogP contribution in [0.1, 0.15) is 0 Å². The fourth-order valence-corrected chi connectivity index (χ4v) is 1.69. The second-order valence-electron chi connectivity index (χ2n) is 2.50. The van der Waals surface area contributed by atoms with E-state index >= 15 is 0 Å². The van der Waals surface area contributed by atoms with Gasteiger partial charge in [-0.1, -0.05) is 34.5 Å². The number of nitrogens with zero attached hydrogens (tertiary/aromatic N) is 1. The van der Waals surface area contributed by atoms with Gasteiger partial charge in [0.25, 0.3) is 0 Å². The van der Waals surface area contributed by atoms with E-state index in [-0.39, 0.29) is 0 Å². The molecule has 2 aromatic rings. The van der Waals surface area contributed by atoms with Crippen molar-refractivity contribution in [3.05, 3.63) is 40.0 Å². The second kappa shape index (κ2) is 4.17. The number of aromatic nitrogens is 1. The third kappa shape index (κ3) is 2.18. The molecule has 0 N–H and O–H groups in total. The largest absolute Gasteiger partial charge is 0.445 e. The van der Waals surface area contributed by atoms with Gasteiger partial charge in [0, 0.05) is 6.07 Å². The lowest BCUT2D eigenvalue weighted by Crippen LogP contribution is -1.80. The van der Waals surface area contributed by atoms with Gasteiger partial charge in [-0.25, -0.2) is 4.98 Å². The van der Waals surface area contributed by atoms with Crippen LogP contribution < -0.4 is 4.74 Å². The Bertz CT molecular complexity index is 430. The zero-order valence-electron chi connectivity index (χ0n) is 6.91. The number of hydrogen-bond donors (Lipinski definition) is 0. The Morgan fingerprint density at radius 2 is 2.07 bits per heavy atom. The van der Waals surface area contributed by atoms with Crippen molar-refractivity contribution < 1.29 is 4.74 Å². The molecule has 0 amide bonds. The molecule has 0 aliphatic heterocycles. The summed E-state index contributed by atoms with van der Waals surface area (Å²) in [5, 5.41) is 1.72. The highest BCUT2D eigenvalue weighted by Gasteiger charge is 2.02. The molecule has 0 spiro atoms. The Morgan fingerprint density at radius 3 is 2.71 bits per heavy atom. The highest BCUT2D eigenvalue weighted by atomic mass is 35.5. The van der Waals surface area contributed by atoms with Crippen molar-refractivity contribution in [2.24, 2.45) is 0 Å². The van der Waals surface area contributed by atoms with E-state index in [4.69, 9.17) is 27.9 Å². The van der Waals surface area contributed by atoms with Crippen LogP contribution in [0.25, 0.3) is 0 Å². The summed E-state index contributed by atoms with van der Waals surface area (Å²) in [4.78, 5) is 3.89. The Labute approximate surface area is 95.1 Å². The number of hydrogen-bond acceptors (Lipinski definition) is 3. The lowest BCUT2D eigenvalue weighted by Gasteiger charge is -2.02. The van der Waals surface area contributed by atoms with Crippen molar-refractivity contribution in [1.82, 2.24) is 4.98 Å². The maximum absolute atomic E-state index is 5.83. The van der Waals surface area contributed by atoms with Gasteiger partial charge in [-0.3, -0.25) is 0 Å². The summed E-state index contributed by atoms with van der Waals surface area (Å²) >= 11 is 13.0. The van der Waals surface area contributed by atoms with Crippen LogP contribution in [0.5, 0.6) is 10.8 Å². The van der Waals surface area contributed by atoms with Crippen molar-refractivity contribution >= 4 is 34.5 Å². The molecule has 5 heteroatoms. The van der Waals surface area contributed by atoms with Gasteiger partial charge in [-0.15, -0.1) is 0 Å². The highest BCUT2D eigenvalue weighted by Crippen LogP contribution is 2.30. The molecule has 2 nitrogen and oxygen atoms in total. The molecule has 0 saturated carbocycles. The summed E-state index contributed by atoms with van der Waals surface area (Å²) in [6.45, 7) is 0. The average molecular weight is 246 g/mol. The lowest BCUT2D eigenvalue weighted by molar-refractivity contribution is 0.495. The molecule has 0 atom stereocenters. The lowest BCUT2D eigenvalue weighted by atomic mass is 10.3. The molecule has 1 heterocycles. The van der Waals surface area contributed by atoms with E-state index < -0.39 is 0 Å². The first-order chi connectivity index (χ1) is 6.75. The molecule has 1 aromatic heterocycles. The minimum Gasteiger partial charge on any atom is -0.445 e. The first-order valence-corrected chi connectivity index (χ1v) is 5.40. The van der Waals surface area contributed by atoms with Crippen LogP contribution in [0.3, 0.4) is 0 Å². The highest BCUT2D eigenvalue weighted by molar-refractivity contribution is 7.11. The third-order valence-electron chi connectivity index (χ3n) is 1.52. The van der Waals surface area contributed by atoms with E-state index in [0.29, 0.717) is 15.8 Å². The van der Waals surface area contributed by atoms with Crippen molar-refractivity contribution in [3.63, 3.8) is 0 Å². The Balaban J connectivity index is 2.22. The predicted octanol–water partition coefficient (Wildman–Crippen LogP) is 4.24. The molecular weight excluding hydrogens is 241 g/mol. The molecule has 0 aliphatic carbocycles. The molecule has 0 bridgehead atoms. The fourth-order valence-electron chi connectivity index (χ4n) is 0.911. The van der Waals surface area contributed by atoms with Crippen LogP contribution >= 0.6 is 34.5 Å². The predicted molar refractivity (Wildman–Crippen MR) is 58.7 cm³/mol. The second-order valence-corrected chi connectivity index (χ2v) is 4.16. The molecule has 0 saturated heterocycles. The van der Waals surface area contributed by atoms with E-state index in [2.05, 4.69) is 4.98 Å². The van der Waals surface area contributed by atoms with Gasteiger partial charge in [-0.05, 0) is 12.1 Å². The van der Waals surface area contributed by atoms with Gasteiger partial charge >= 0.3 is 0 Å². The van der Waals surface area contributed by atoms with Crippen LogP contribution in [0.4, 0.5) is 0 Å². The topological polar surface area (TPSA) is 22.1 Å². The molecule has 0 fully saturated rings. The zero-order valence-corrected chi connectivity index (χ0v) is 9.23. The maximum atomic E-state index is 5.83. The molecule has 1 aromatic carbocycles. The van der Waals surface area contributed by atoms with E-state index in [1.54, 1.807) is 29.9 Å². The normalized spacial score (nSPS) is 10.1. The summed E-state index contributed by atoms with van der Waals surface area (Å²) in [5.74, 6) is 0.656. The smallest absolute Gasteiger partial charge is 0.200 e. The molecule has 0 radical (unpaired) electrons. The van der Waals surface area contributed by atoms with Crippen LogP contribution in [-0.4, -0.2) is 4.98 Å². The SMILES string of the molecule is Clc1ccc(Oc2cncs2)cc1Cl. The van der Waals surface area contributed by atoms with Crippen molar-refractivity contribution in [3.8, 4) is 10.8 Å². The van der Waals surface area contributed by atoms with Crippen LogP contribution in [-0.2, 0) is 0 Å². The number of benzene rings is 1. The maximum Gasteiger partial charge on any atom is 0.200 e. The fraction of sp³-hybridized carbons (Fsp3) is 0. The van der Waals surface area contributed by atoms with E-state index in [1.807, 2.05) is 0 Å². The van der Waals surface area contributed by atoms with Crippen LogP contribution in [0.2, 0.25) is 10.0 Å². The molecular formula is C9H5Cl2NOS. The Kier molecular flexibility index (Phi) is 2.91. The van der Waals surface area contributed by atoms with E-state index in [1.165, 1.54) is 11.3 Å². The van der Waals surface area contributed by atoms with Gasteiger partial charge in [0.15, 0.2) is 0 Å². The van der Waals surface area contributed by atoms with Crippen molar-refractivity contribution in [2.45, 2.75) is 0 Å². The monoisotopic (exact) mass is 245 g/mol. The summed E-state index contributed by atoms with van der Waals surface area (Å²) in [6.07, 6.45) is 1.65. The molecule has 2 rings (SSSR count). The van der Waals surface area contributed by atoms with Gasteiger partial charge in [0.2, 0.25) is 5.06 Å². The average Bonchev–Trinajstić information content (AvgIpc) is 2.64. The minimum absolute atomic E-state index is 0.480. The van der Waals surface area contributed by atoms with Gasteiger partial charge in [0.05, 0.1) is 21.8 Å². The Morgan fingerprint density at radius 1 is 1.21 bits per heavy atom. The first-order valence-electron chi connectivity index (χ1n) is 3.77. The first kappa shape index (κ1) is 9.77. The summed E-state index contributed by atoms with van der Waals surface area (Å²) in [7, 11) is 0. The zero-order chi connectivity index (χ0) is 9.97. The summed E-state index contributed by atoms with van der Waals surface area (Å²) in [6, 6.07) is 5.12. The molecule has 14 heavy (non-hydrogen) atoms. The van der Waals surface area contributed by atoms with Gasteiger partial charge < -0.3 is 4.74 Å². The molecule has 0 aliphatic rings. The van der Waals surface area contributed by atoms with Crippen LogP contribution in [0.15, 0.2) is 29.9 Å². The van der Waals surface area contributed by atoms with Crippen molar-refractivity contribution in [1.29, 1.82) is 0 Å². The summed E-state index contributed by atoms with van der Waals surface area (Å²) in [5.41, 5.74) is 1.70. The van der Waals surface area contributed by atoms with E-state index in [9.17, 15) is 0 Å². The number of halogens is 2. The van der Waals surface area contributed by atoms with Gasteiger partial charge in [0.1, 0.15) is 5.75 Å². The van der Waals surface area contributed by atoms with E-state index in [0.717, 1.165) is 5.06 Å². The van der Waals surface area contributed by atoms with Gasteiger partial charge in [-0.2, -0.15) is 0 Å². The number of thiazole rings is 1. The molecule has 0 unspecified atom stereocenters. The third-order valence-corrected chi connectivity index (χ3v) is 2.91. The standard InChI is InChI=1S/C9H5Cl2NOS/c10-7-2-1-6(3-8(7)11)13-9-4-12-5-14-9/h1-5H.